The van der Waals surface area contributed by atoms with Crippen LogP contribution in [-0.4, -0.2) is 43.2 Å². The van der Waals surface area contributed by atoms with E-state index < -0.39 is 5.41 Å². The zero-order valence-electron chi connectivity index (χ0n) is 22.1. The minimum Gasteiger partial charge on any atom is -0.493 e. The molecule has 0 saturated carbocycles. The molecule has 0 atom stereocenters. The number of carbonyl (C=O) groups is 1. The summed E-state index contributed by atoms with van der Waals surface area (Å²) < 4.78 is 10.9. The molecule has 39 heavy (non-hydrogen) atoms. The molecular weight excluding hydrogens is 514 g/mol. The standard InChI is InChI=1S/C30H32ClN5O3/c1-38-25-16-23-24(17-26(25)39-2)34-29(35-27(23)32)36-14-12-30(13-15-36,18-20-8-10-22(31)11-9-20)28(37)33-19-21-6-4-3-5-7-21/h3-11,16-17H,12-15,18-19H2,1-2H3,(H,33,37)(H2,32,34,35). The van der Waals surface area contributed by atoms with E-state index in [2.05, 4.69) is 15.2 Å². The number of aromatic nitrogens is 2. The summed E-state index contributed by atoms with van der Waals surface area (Å²) in [5.41, 5.74) is 8.59. The molecule has 1 aromatic heterocycles. The number of hydrogen-bond donors (Lipinski definition) is 2. The van der Waals surface area contributed by atoms with Gasteiger partial charge in [-0.3, -0.25) is 4.79 Å². The number of nitrogens with zero attached hydrogens (tertiary/aromatic N) is 3. The highest BCUT2D eigenvalue weighted by Crippen LogP contribution is 2.38. The monoisotopic (exact) mass is 545 g/mol. The van der Waals surface area contributed by atoms with Gasteiger partial charge in [-0.2, -0.15) is 4.98 Å². The molecule has 0 unspecified atom stereocenters. The lowest BCUT2D eigenvalue weighted by molar-refractivity contribution is -0.132. The predicted molar refractivity (Wildman–Crippen MR) is 154 cm³/mol. The van der Waals surface area contributed by atoms with Crippen LogP contribution in [-0.2, 0) is 17.8 Å². The Morgan fingerprint density at radius 3 is 2.31 bits per heavy atom. The Bertz CT molecular complexity index is 1460. The first-order valence-electron chi connectivity index (χ1n) is 12.9. The topological polar surface area (TPSA) is 103 Å². The van der Waals surface area contributed by atoms with E-state index in [1.165, 1.54) is 0 Å². The van der Waals surface area contributed by atoms with Gasteiger partial charge >= 0.3 is 0 Å². The first-order valence-corrected chi connectivity index (χ1v) is 13.3. The van der Waals surface area contributed by atoms with Crippen molar-refractivity contribution < 1.29 is 14.3 Å². The molecular formula is C30H32ClN5O3. The van der Waals surface area contributed by atoms with Crippen molar-refractivity contribution in [2.24, 2.45) is 5.41 Å². The maximum atomic E-state index is 13.7. The maximum absolute atomic E-state index is 13.7. The van der Waals surface area contributed by atoms with Gasteiger partial charge in [-0.15, -0.1) is 0 Å². The number of carbonyl (C=O) groups excluding carboxylic acids is 1. The quantitative estimate of drug-likeness (QED) is 0.320. The molecule has 0 radical (unpaired) electrons. The van der Waals surface area contributed by atoms with Crippen LogP contribution in [0.5, 0.6) is 11.5 Å². The molecule has 3 N–H and O–H groups in total. The van der Waals surface area contributed by atoms with Gasteiger partial charge in [-0.25, -0.2) is 4.98 Å². The molecule has 202 valence electrons. The number of nitrogens with two attached hydrogens (primary N) is 1. The van der Waals surface area contributed by atoms with Crippen molar-refractivity contribution >= 4 is 40.2 Å². The van der Waals surface area contributed by atoms with Crippen molar-refractivity contribution in [1.82, 2.24) is 15.3 Å². The summed E-state index contributed by atoms with van der Waals surface area (Å²) >= 11 is 6.12. The molecule has 1 aliphatic heterocycles. The molecule has 0 bridgehead atoms. The van der Waals surface area contributed by atoms with Gasteiger partial charge in [0.25, 0.3) is 0 Å². The van der Waals surface area contributed by atoms with Gasteiger partial charge in [-0.05, 0) is 48.6 Å². The average Bonchev–Trinajstić information content (AvgIpc) is 2.97. The molecule has 0 aliphatic carbocycles. The zero-order valence-corrected chi connectivity index (χ0v) is 22.9. The number of nitrogens with one attached hydrogen (secondary N) is 1. The largest absolute Gasteiger partial charge is 0.493 e. The highest BCUT2D eigenvalue weighted by molar-refractivity contribution is 6.30. The van der Waals surface area contributed by atoms with Crippen LogP contribution in [0.2, 0.25) is 5.02 Å². The molecule has 1 amide bonds. The van der Waals surface area contributed by atoms with Crippen molar-refractivity contribution in [3.8, 4) is 11.5 Å². The Morgan fingerprint density at radius 1 is 0.974 bits per heavy atom. The van der Waals surface area contributed by atoms with Crippen molar-refractivity contribution in [3.05, 3.63) is 82.9 Å². The molecule has 8 nitrogen and oxygen atoms in total. The van der Waals surface area contributed by atoms with E-state index in [0.29, 0.717) is 78.1 Å². The highest BCUT2D eigenvalue weighted by Gasteiger charge is 2.42. The fraction of sp³-hybridized carbons (Fsp3) is 0.300. The molecule has 2 heterocycles. The van der Waals surface area contributed by atoms with Crippen molar-refractivity contribution in [2.45, 2.75) is 25.8 Å². The number of fused-ring (bicyclic) bond motifs is 1. The van der Waals surface area contributed by atoms with E-state index in [4.69, 9.17) is 31.8 Å². The van der Waals surface area contributed by atoms with Gasteiger partial charge < -0.3 is 25.4 Å². The van der Waals surface area contributed by atoms with Crippen LogP contribution < -0.4 is 25.4 Å². The van der Waals surface area contributed by atoms with Crippen LogP contribution in [0.3, 0.4) is 0 Å². The second-order valence-electron chi connectivity index (χ2n) is 9.87. The maximum Gasteiger partial charge on any atom is 0.227 e. The van der Waals surface area contributed by atoms with Crippen LogP contribution in [0.25, 0.3) is 10.9 Å². The van der Waals surface area contributed by atoms with E-state index in [1.807, 2.05) is 60.7 Å². The lowest BCUT2D eigenvalue weighted by atomic mass is 9.73. The second-order valence-corrected chi connectivity index (χ2v) is 10.3. The van der Waals surface area contributed by atoms with E-state index in [1.54, 1.807) is 20.3 Å². The number of benzene rings is 3. The number of hydrogen-bond acceptors (Lipinski definition) is 7. The summed E-state index contributed by atoms with van der Waals surface area (Å²) in [4.78, 5) is 25.2. The molecule has 3 aromatic carbocycles. The third-order valence-corrected chi connectivity index (χ3v) is 7.71. The smallest absolute Gasteiger partial charge is 0.227 e. The van der Waals surface area contributed by atoms with Gasteiger partial charge in [0.2, 0.25) is 11.9 Å². The first kappa shape index (κ1) is 26.6. The number of ether oxygens (including phenoxy) is 2. The van der Waals surface area contributed by atoms with E-state index in [-0.39, 0.29) is 5.91 Å². The van der Waals surface area contributed by atoms with Crippen molar-refractivity contribution in [1.29, 1.82) is 0 Å². The molecule has 1 fully saturated rings. The molecule has 0 spiro atoms. The number of piperidine rings is 1. The summed E-state index contributed by atoms with van der Waals surface area (Å²) in [7, 11) is 3.16. The minimum absolute atomic E-state index is 0.0525. The second kappa shape index (κ2) is 11.4. The van der Waals surface area contributed by atoms with Crippen LogP contribution in [0.15, 0.2) is 66.7 Å². The minimum atomic E-state index is -0.571. The summed E-state index contributed by atoms with van der Waals surface area (Å²) in [6.45, 7) is 1.72. The Labute approximate surface area is 233 Å². The fourth-order valence-electron chi connectivity index (χ4n) is 5.19. The van der Waals surface area contributed by atoms with Gasteiger partial charge in [0, 0.05) is 36.1 Å². The van der Waals surface area contributed by atoms with E-state index in [9.17, 15) is 4.79 Å². The van der Waals surface area contributed by atoms with E-state index in [0.717, 1.165) is 11.1 Å². The fourth-order valence-corrected chi connectivity index (χ4v) is 5.31. The zero-order chi connectivity index (χ0) is 27.4. The SMILES string of the molecule is COc1cc2nc(N3CCC(Cc4ccc(Cl)cc4)(C(=O)NCc4ccccc4)CC3)nc(N)c2cc1OC. The summed E-state index contributed by atoms with van der Waals surface area (Å²) in [5.74, 6) is 2.10. The Hall–Kier alpha value is -4.04. The molecule has 9 heteroatoms. The van der Waals surface area contributed by atoms with Crippen LogP contribution in [0.4, 0.5) is 11.8 Å². The van der Waals surface area contributed by atoms with Crippen LogP contribution in [0.1, 0.15) is 24.0 Å². The Morgan fingerprint density at radius 2 is 1.64 bits per heavy atom. The summed E-state index contributed by atoms with van der Waals surface area (Å²) in [5, 5.41) is 4.57. The third kappa shape index (κ3) is 5.71. The lowest BCUT2D eigenvalue weighted by Gasteiger charge is -2.41. The van der Waals surface area contributed by atoms with Gasteiger partial charge in [0.15, 0.2) is 11.5 Å². The highest BCUT2D eigenvalue weighted by atomic mass is 35.5. The Kier molecular flexibility index (Phi) is 7.74. The normalized spacial score (nSPS) is 14.7. The van der Waals surface area contributed by atoms with E-state index >= 15 is 0 Å². The summed E-state index contributed by atoms with van der Waals surface area (Å²) in [6, 6.07) is 21.3. The number of nitrogen functional groups attached to an aromatic ring is 1. The van der Waals surface area contributed by atoms with Crippen molar-refractivity contribution in [3.63, 3.8) is 0 Å². The van der Waals surface area contributed by atoms with Crippen LogP contribution >= 0.6 is 11.6 Å². The summed E-state index contributed by atoms with van der Waals surface area (Å²) in [6.07, 6.45) is 1.91. The van der Waals surface area contributed by atoms with Gasteiger partial charge in [-0.1, -0.05) is 54.1 Å². The molecule has 1 aliphatic rings. The number of amides is 1. The molecule has 1 saturated heterocycles. The van der Waals surface area contributed by atoms with Crippen LogP contribution in [0, 0.1) is 5.41 Å². The van der Waals surface area contributed by atoms with Gasteiger partial charge in [0.05, 0.1) is 25.2 Å². The third-order valence-electron chi connectivity index (χ3n) is 7.46. The molecule has 5 rings (SSSR count). The first-order chi connectivity index (χ1) is 18.9. The lowest BCUT2D eigenvalue weighted by Crippen LogP contribution is -2.50. The average molecular weight is 546 g/mol. The predicted octanol–water partition coefficient (Wildman–Crippen LogP) is 5.03. The number of rotatable bonds is 8. The number of halogens is 1. The Balaban J connectivity index is 1.38. The number of methoxy groups -OCH3 is 2. The van der Waals surface area contributed by atoms with Gasteiger partial charge in [0.1, 0.15) is 5.82 Å². The molecule has 4 aromatic rings. The van der Waals surface area contributed by atoms with Crippen molar-refractivity contribution in [2.75, 3.05) is 37.9 Å². The number of anilines is 2.